The summed E-state index contributed by atoms with van der Waals surface area (Å²) in [5.74, 6) is 0. The van der Waals surface area contributed by atoms with E-state index in [1.165, 1.54) is 12.8 Å². The molecule has 0 amide bonds. The van der Waals surface area contributed by atoms with Crippen molar-refractivity contribution in [2.24, 2.45) is 0 Å². The number of halogens is 2. The quantitative estimate of drug-likeness (QED) is 0.344. The smallest absolute Gasteiger partial charge is 0.353 e. The topological polar surface area (TPSA) is 18.5 Å². The minimum atomic E-state index is -0.0373. The molecule has 0 atom stereocenters. The molecule has 0 heterocycles. The first-order valence-corrected chi connectivity index (χ1v) is 14.9. The van der Waals surface area contributed by atoms with Crippen molar-refractivity contribution in [2.75, 3.05) is 13.2 Å². The Kier molecular flexibility index (Phi) is 24.2. The molecule has 95 valence electrons. The second kappa shape index (κ2) is 19.2. The van der Waals surface area contributed by atoms with E-state index in [0.717, 1.165) is 36.3 Å². The summed E-state index contributed by atoms with van der Waals surface area (Å²) in [7, 11) is 1.03. The maximum Gasteiger partial charge on any atom is 0.560 e. The van der Waals surface area contributed by atoms with E-state index in [1.807, 2.05) is 0 Å². The zero-order valence-electron chi connectivity index (χ0n) is 10.7. The van der Waals surface area contributed by atoms with Crippen LogP contribution in [0.1, 0.15) is 39.5 Å². The SMILES string of the molecule is CCCCOC([CH][SiH3])OCCCC.[Br][Mg][Br]. The monoisotopic (exact) mass is 385 g/mol. The highest BCUT2D eigenvalue weighted by Gasteiger charge is 2.04. The van der Waals surface area contributed by atoms with Gasteiger partial charge < -0.3 is 9.47 Å². The van der Waals surface area contributed by atoms with Crippen LogP contribution in [-0.4, -0.2) is 45.8 Å². The van der Waals surface area contributed by atoms with E-state index < -0.39 is 0 Å². The molecule has 16 heavy (non-hydrogen) atoms. The van der Waals surface area contributed by atoms with Crippen molar-refractivity contribution in [2.45, 2.75) is 45.8 Å². The first kappa shape index (κ1) is 20.2. The average Bonchev–Trinajstić information content (AvgIpc) is 2.28. The van der Waals surface area contributed by atoms with Crippen LogP contribution >= 0.6 is 25.8 Å². The van der Waals surface area contributed by atoms with Crippen LogP contribution in [0.3, 0.4) is 0 Å². The van der Waals surface area contributed by atoms with Gasteiger partial charge in [0.25, 0.3) is 0 Å². The summed E-state index contributed by atoms with van der Waals surface area (Å²) >= 11 is 6.44. The van der Waals surface area contributed by atoms with Crippen LogP contribution < -0.4 is 0 Å². The Morgan fingerprint density at radius 3 is 1.75 bits per heavy atom. The Morgan fingerprint density at radius 1 is 1.12 bits per heavy atom. The lowest BCUT2D eigenvalue weighted by molar-refractivity contribution is -0.117. The third-order valence-electron chi connectivity index (χ3n) is 1.83. The predicted molar refractivity (Wildman–Crippen MR) is 83.4 cm³/mol. The van der Waals surface area contributed by atoms with Crippen molar-refractivity contribution in [3.05, 3.63) is 6.04 Å². The molecule has 0 aliphatic heterocycles. The lowest BCUT2D eigenvalue weighted by Gasteiger charge is -2.16. The van der Waals surface area contributed by atoms with Crippen LogP contribution in [0.15, 0.2) is 0 Å². The molecule has 0 aliphatic rings. The highest BCUT2D eigenvalue weighted by Crippen LogP contribution is 2.01. The Hall–Kier alpha value is 1.86. The lowest BCUT2D eigenvalue weighted by Crippen LogP contribution is -2.19. The predicted octanol–water partition coefficient (Wildman–Crippen LogP) is 2.78. The van der Waals surface area contributed by atoms with Gasteiger partial charge in [-0.25, -0.2) is 0 Å². The van der Waals surface area contributed by atoms with Crippen molar-refractivity contribution in [1.82, 2.24) is 0 Å². The van der Waals surface area contributed by atoms with E-state index in [-0.39, 0.29) is 22.3 Å². The molecule has 0 rings (SSSR count). The average molecular weight is 387 g/mol. The van der Waals surface area contributed by atoms with E-state index in [4.69, 9.17) is 9.47 Å². The zero-order chi connectivity index (χ0) is 12.6. The van der Waals surface area contributed by atoms with Gasteiger partial charge in [-0.3, -0.25) is 25.8 Å². The van der Waals surface area contributed by atoms with Gasteiger partial charge in [0.15, 0.2) is 6.29 Å². The van der Waals surface area contributed by atoms with Crippen LogP contribution in [0.4, 0.5) is 0 Å². The molecule has 0 aliphatic carbocycles. The fraction of sp³-hybridized carbons (Fsp3) is 0.900. The van der Waals surface area contributed by atoms with Crippen LogP contribution in [0.2, 0.25) is 0 Å². The number of unbranched alkanes of at least 4 members (excludes halogenated alkanes) is 2. The van der Waals surface area contributed by atoms with Crippen molar-refractivity contribution in [3.63, 3.8) is 0 Å². The third-order valence-corrected chi connectivity index (χ3v) is 2.38. The fourth-order valence-electron chi connectivity index (χ4n) is 0.928. The van der Waals surface area contributed by atoms with Gasteiger partial charge >= 0.3 is 16.0 Å². The molecule has 0 bridgehead atoms. The molecule has 0 unspecified atom stereocenters. The normalized spacial score (nSPS) is 9.81. The van der Waals surface area contributed by atoms with Crippen molar-refractivity contribution < 1.29 is 9.47 Å². The molecule has 0 aromatic heterocycles. The van der Waals surface area contributed by atoms with Gasteiger partial charge in [-0.15, -0.1) is 0 Å². The van der Waals surface area contributed by atoms with Gasteiger partial charge in [0.05, 0.1) is 0 Å². The van der Waals surface area contributed by atoms with Gasteiger partial charge in [-0.05, 0) is 18.9 Å². The van der Waals surface area contributed by atoms with Crippen molar-refractivity contribution in [3.8, 4) is 0 Å². The van der Waals surface area contributed by atoms with Gasteiger partial charge in [-0.2, -0.15) is 0 Å². The van der Waals surface area contributed by atoms with Gasteiger partial charge in [0, 0.05) is 23.5 Å². The second-order valence-electron chi connectivity index (χ2n) is 3.25. The second-order valence-corrected chi connectivity index (χ2v) is 12.0. The molecule has 2 nitrogen and oxygen atoms in total. The Bertz CT molecular complexity index is 113. The fourth-order valence-corrected chi connectivity index (χ4v) is 1.31. The summed E-state index contributed by atoms with van der Waals surface area (Å²) < 4.78 is 11.1. The zero-order valence-corrected chi connectivity index (χ0v) is 17.3. The first-order valence-electron chi connectivity index (χ1n) is 5.91. The van der Waals surface area contributed by atoms with Crippen molar-refractivity contribution >= 4 is 52.0 Å². The Labute approximate surface area is 125 Å². The largest absolute Gasteiger partial charge is 0.560 e. The molecular formula is C10H23Br2MgO2Si. The van der Waals surface area contributed by atoms with Crippen LogP contribution in [-0.2, 0) is 9.47 Å². The Balaban J connectivity index is 0. The maximum atomic E-state index is 5.54. The molecule has 0 saturated heterocycles. The number of hydrogen-bond acceptors (Lipinski definition) is 2. The number of ether oxygens (including phenoxy) is 2. The number of hydrogen-bond donors (Lipinski definition) is 0. The van der Waals surface area contributed by atoms with Gasteiger partial charge in [0.2, 0.25) is 0 Å². The molecule has 1 radical (unpaired) electrons. The number of rotatable bonds is 9. The highest BCUT2D eigenvalue weighted by atomic mass is 79.9. The van der Waals surface area contributed by atoms with Gasteiger partial charge in [0.1, 0.15) is 0 Å². The molecule has 0 spiro atoms. The molecule has 0 N–H and O–H groups in total. The maximum absolute atomic E-state index is 5.54. The van der Waals surface area contributed by atoms with E-state index in [1.54, 1.807) is 0 Å². The molecule has 0 aromatic carbocycles. The van der Waals surface area contributed by atoms with Gasteiger partial charge in [-0.1, -0.05) is 26.7 Å². The summed E-state index contributed by atoms with van der Waals surface area (Å²) in [6.07, 6.45) is 4.59. The van der Waals surface area contributed by atoms with Crippen LogP contribution in [0.5, 0.6) is 0 Å². The summed E-state index contributed by atoms with van der Waals surface area (Å²) in [6.45, 7) is 5.99. The standard InChI is InChI=1S/C10H23O2Si.2BrH.Mg/c1-3-5-7-11-10(9-13)12-8-6-4-2;;;/h9-10H,3-8H2,1-2,13H3;2*1H;/q;;;+2/p-2. The summed E-state index contributed by atoms with van der Waals surface area (Å²) in [4.78, 5) is 0. The summed E-state index contributed by atoms with van der Waals surface area (Å²) in [5.41, 5.74) is 0. The van der Waals surface area contributed by atoms with E-state index in [9.17, 15) is 0 Å². The minimum absolute atomic E-state index is 0.0373. The first-order chi connectivity index (χ1) is 7.76. The molecule has 0 aromatic rings. The lowest BCUT2D eigenvalue weighted by atomic mass is 10.4. The van der Waals surface area contributed by atoms with E-state index in [2.05, 4.69) is 45.7 Å². The van der Waals surface area contributed by atoms with E-state index in [0.29, 0.717) is 0 Å². The van der Waals surface area contributed by atoms with E-state index >= 15 is 0 Å². The molecule has 6 heteroatoms. The van der Waals surface area contributed by atoms with Crippen LogP contribution in [0, 0.1) is 6.04 Å². The van der Waals surface area contributed by atoms with Crippen LogP contribution in [0.25, 0.3) is 0 Å². The molecular weight excluding hydrogens is 364 g/mol. The summed E-state index contributed by atoms with van der Waals surface area (Å²) in [6, 6.07) is 2.10. The highest BCUT2D eigenvalue weighted by molar-refractivity contribution is 9.47. The van der Waals surface area contributed by atoms with Crippen molar-refractivity contribution in [1.29, 1.82) is 0 Å². The molecule has 0 fully saturated rings. The Morgan fingerprint density at radius 2 is 1.50 bits per heavy atom. The third kappa shape index (κ3) is 18.2. The molecule has 0 saturated carbocycles. The minimum Gasteiger partial charge on any atom is -0.353 e. The summed E-state index contributed by atoms with van der Waals surface area (Å²) in [5, 5.41) is 0.